The van der Waals surface area contributed by atoms with Crippen LogP contribution in [0, 0.1) is 11.8 Å². The lowest BCUT2D eigenvalue weighted by Gasteiger charge is -2.12. The van der Waals surface area contributed by atoms with Crippen LogP contribution in [0.1, 0.15) is 88.5 Å². The average Bonchev–Trinajstić information content (AvgIpc) is 2.83. The van der Waals surface area contributed by atoms with E-state index in [9.17, 15) is 0 Å². The van der Waals surface area contributed by atoms with E-state index in [1.807, 2.05) is 0 Å². The topological polar surface area (TPSA) is 0 Å². The first-order valence-electron chi connectivity index (χ1n) is 9.39. The van der Waals surface area contributed by atoms with Gasteiger partial charge in [0.15, 0.2) is 0 Å². The molecule has 0 heteroatoms. The molecule has 0 aliphatic heterocycles. The van der Waals surface area contributed by atoms with Crippen LogP contribution in [0.5, 0.6) is 0 Å². The lowest BCUT2D eigenvalue weighted by molar-refractivity contribution is 0.633. The van der Waals surface area contributed by atoms with Gasteiger partial charge in [0.05, 0.1) is 0 Å². The number of rotatable bonds is 3. The van der Waals surface area contributed by atoms with Crippen molar-refractivity contribution in [2.75, 3.05) is 0 Å². The first kappa shape index (κ1) is 20.0. The molecular weight excluding hydrogens is 276 g/mol. The summed E-state index contributed by atoms with van der Waals surface area (Å²) in [5, 5.41) is 0. The van der Waals surface area contributed by atoms with Crippen molar-refractivity contribution in [2.24, 2.45) is 11.8 Å². The van der Waals surface area contributed by atoms with E-state index >= 15 is 0 Å². The lowest BCUT2D eigenvalue weighted by Crippen LogP contribution is -1.99. The number of hydrogen-bond acceptors (Lipinski definition) is 0. The minimum atomic E-state index is 0.745. The first-order chi connectivity index (χ1) is 10.7. The Morgan fingerprint density at radius 1 is 0.522 bits per heavy atom. The van der Waals surface area contributed by atoms with E-state index in [0.29, 0.717) is 0 Å². The van der Waals surface area contributed by atoms with Crippen molar-refractivity contribution in [3.8, 4) is 0 Å². The quantitative estimate of drug-likeness (QED) is 0.498. The number of allylic oxidation sites excluding steroid dienone is 8. The van der Waals surface area contributed by atoms with E-state index in [4.69, 9.17) is 0 Å². The molecule has 0 N–H and O–H groups in total. The second kappa shape index (κ2) is 8.18. The molecule has 0 aromatic carbocycles. The Bertz CT molecular complexity index is 527. The molecular formula is C23H38. The van der Waals surface area contributed by atoms with Gasteiger partial charge < -0.3 is 0 Å². The molecule has 0 heterocycles. The van der Waals surface area contributed by atoms with Gasteiger partial charge in [-0.2, -0.15) is 0 Å². The van der Waals surface area contributed by atoms with Crippen molar-refractivity contribution >= 4 is 0 Å². The van der Waals surface area contributed by atoms with Crippen molar-refractivity contribution in [1.82, 2.24) is 0 Å². The summed E-state index contributed by atoms with van der Waals surface area (Å²) >= 11 is 0. The second-order valence-electron chi connectivity index (χ2n) is 7.53. The van der Waals surface area contributed by atoms with Crippen LogP contribution in [0.15, 0.2) is 44.6 Å². The predicted molar refractivity (Wildman–Crippen MR) is 106 cm³/mol. The van der Waals surface area contributed by atoms with Crippen LogP contribution in [0.25, 0.3) is 0 Å². The maximum absolute atomic E-state index is 2.29. The zero-order valence-corrected chi connectivity index (χ0v) is 17.3. The minimum Gasteiger partial charge on any atom is -0.0653 e. The van der Waals surface area contributed by atoms with Gasteiger partial charge in [0.2, 0.25) is 0 Å². The van der Waals surface area contributed by atoms with Crippen molar-refractivity contribution < 1.29 is 0 Å². The Labute approximate surface area is 145 Å². The third-order valence-corrected chi connectivity index (χ3v) is 6.57. The van der Waals surface area contributed by atoms with E-state index in [1.165, 1.54) is 41.6 Å². The molecule has 130 valence electrons. The van der Waals surface area contributed by atoms with Gasteiger partial charge >= 0.3 is 0 Å². The molecule has 2 aliphatic carbocycles. The largest absolute Gasteiger partial charge is 0.0653 e. The minimum absolute atomic E-state index is 0.745. The predicted octanol–water partition coefficient (Wildman–Crippen LogP) is 7.79. The molecule has 2 aliphatic rings. The van der Waals surface area contributed by atoms with Gasteiger partial charge in [0.1, 0.15) is 0 Å². The summed E-state index contributed by atoms with van der Waals surface area (Å²) in [5.41, 5.74) is 12.5. The highest BCUT2D eigenvalue weighted by Gasteiger charge is 2.23. The molecule has 0 aromatic rings. The molecule has 0 fully saturated rings. The van der Waals surface area contributed by atoms with E-state index < -0.39 is 0 Å². The molecule has 0 amide bonds. The lowest BCUT2D eigenvalue weighted by atomic mass is 9.92. The number of hydrogen-bond donors (Lipinski definition) is 0. The molecule has 0 radical (unpaired) electrons. The van der Waals surface area contributed by atoms with Gasteiger partial charge in [-0.1, -0.05) is 42.6 Å². The second-order valence-corrected chi connectivity index (χ2v) is 7.53. The van der Waals surface area contributed by atoms with Crippen LogP contribution < -0.4 is 0 Å². The third kappa shape index (κ3) is 3.90. The standard InChI is InChI=1S/C12H20.C11H18/c1-6-7-12-10(4)8(2)9(3)11(12)5;1-6-11-9(4)7(2)8(3)10(11)5/h12H,6-7H2,1-5H3;11H,6H2,1-5H3. The monoisotopic (exact) mass is 314 g/mol. The Kier molecular flexibility index (Phi) is 7.11. The summed E-state index contributed by atoms with van der Waals surface area (Å²) in [4.78, 5) is 0. The highest BCUT2D eigenvalue weighted by Crippen LogP contribution is 2.39. The van der Waals surface area contributed by atoms with Crippen molar-refractivity contribution in [1.29, 1.82) is 0 Å². The first-order valence-corrected chi connectivity index (χ1v) is 9.39. The molecule has 0 unspecified atom stereocenters. The van der Waals surface area contributed by atoms with Gasteiger partial charge in [0.25, 0.3) is 0 Å². The summed E-state index contributed by atoms with van der Waals surface area (Å²) < 4.78 is 0. The fourth-order valence-corrected chi connectivity index (χ4v) is 4.21. The Hall–Kier alpha value is -1.04. The van der Waals surface area contributed by atoms with Crippen molar-refractivity contribution in [2.45, 2.75) is 88.5 Å². The zero-order valence-electron chi connectivity index (χ0n) is 17.3. The van der Waals surface area contributed by atoms with Gasteiger partial charge in [-0.25, -0.2) is 0 Å². The summed E-state index contributed by atoms with van der Waals surface area (Å²) in [5.74, 6) is 1.50. The van der Waals surface area contributed by atoms with Crippen LogP contribution in [0.4, 0.5) is 0 Å². The summed E-state index contributed by atoms with van der Waals surface area (Å²) in [6.45, 7) is 22.6. The Morgan fingerprint density at radius 3 is 1.04 bits per heavy atom. The molecule has 0 aromatic heterocycles. The highest BCUT2D eigenvalue weighted by molar-refractivity contribution is 5.46. The summed E-state index contributed by atoms with van der Waals surface area (Å²) in [6, 6.07) is 0. The molecule has 0 nitrogen and oxygen atoms in total. The maximum atomic E-state index is 2.29. The maximum Gasteiger partial charge on any atom is 0.00129 e. The summed E-state index contributed by atoms with van der Waals surface area (Å²) in [6.07, 6.45) is 3.87. The summed E-state index contributed by atoms with van der Waals surface area (Å²) in [7, 11) is 0. The molecule has 0 spiro atoms. The van der Waals surface area contributed by atoms with Crippen LogP contribution >= 0.6 is 0 Å². The van der Waals surface area contributed by atoms with Gasteiger partial charge in [-0.3, -0.25) is 0 Å². The van der Waals surface area contributed by atoms with Crippen LogP contribution in [0.3, 0.4) is 0 Å². The van der Waals surface area contributed by atoms with E-state index in [-0.39, 0.29) is 0 Å². The fourth-order valence-electron chi connectivity index (χ4n) is 4.21. The normalized spacial score (nSPS) is 20.1. The van der Waals surface area contributed by atoms with Crippen LogP contribution in [-0.4, -0.2) is 0 Å². The van der Waals surface area contributed by atoms with E-state index in [0.717, 1.165) is 11.8 Å². The smallest absolute Gasteiger partial charge is 0.00129 e. The van der Waals surface area contributed by atoms with Crippen molar-refractivity contribution in [3.63, 3.8) is 0 Å². The Balaban J connectivity index is 0.000000231. The fraction of sp³-hybridized carbons (Fsp3) is 0.652. The van der Waals surface area contributed by atoms with E-state index in [2.05, 4.69) is 69.2 Å². The Morgan fingerprint density at radius 2 is 0.826 bits per heavy atom. The zero-order chi connectivity index (χ0) is 17.9. The van der Waals surface area contributed by atoms with Gasteiger partial charge in [0, 0.05) is 11.8 Å². The molecule has 0 atom stereocenters. The van der Waals surface area contributed by atoms with Gasteiger partial charge in [-0.05, 0) is 90.5 Å². The molecule has 0 saturated heterocycles. The van der Waals surface area contributed by atoms with Crippen LogP contribution in [-0.2, 0) is 0 Å². The molecule has 0 bridgehead atoms. The molecule has 0 saturated carbocycles. The van der Waals surface area contributed by atoms with Gasteiger partial charge in [-0.15, -0.1) is 0 Å². The molecule has 23 heavy (non-hydrogen) atoms. The average molecular weight is 315 g/mol. The third-order valence-electron chi connectivity index (χ3n) is 6.57. The SMILES string of the molecule is CCC1C(C)=C(C)C(C)=C1C.CCCC1C(C)=C(C)C(C)=C1C. The molecule has 2 rings (SSSR count). The van der Waals surface area contributed by atoms with Crippen LogP contribution in [0.2, 0.25) is 0 Å². The highest BCUT2D eigenvalue weighted by atomic mass is 14.3. The van der Waals surface area contributed by atoms with Crippen molar-refractivity contribution in [3.05, 3.63) is 44.6 Å². The van der Waals surface area contributed by atoms with E-state index in [1.54, 1.807) is 22.3 Å².